The first-order valence-electron chi connectivity index (χ1n) is 6.14. The van der Waals surface area contributed by atoms with Crippen LogP contribution in [0.25, 0.3) is 0 Å². The fourth-order valence-corrected chi connectivity index (χ4v) is 2.54. The summed E-state index contributed by atoms with van der Waals surface area (Å²) in [6.07, 6.45) is 0.779. The van der Waals surface area contributed by atoms with E-state index < -0.39 is 0 Å². The highest BCUT2D eigenvalue weighted by molar-refractivity contribution is 5.29. The van der Waals surface area contributed by atoms with E-state index in [1.54, 1.807) is 0 Å². The van der Waals surface area contributed by atoms with Gasteiger partial charge in [0.15, 0.2) is 0 Å². The van der Waals surface area contributed by atoms with E-state index in [-0.39, 0.29) is 6.10 Å². The van der Waals surface area contributed by atoms with Gasteiger partial charge in [-0.1, -0.05) is 60.7 Å². The van der Waals surface area contributed by atoms with Gasteiger partial charge in [0.1, 0.15) is 0 Å². The first-order chi connectivity index (χ1) is 8.36. The third-order valence-electron chi connectivity index (χ3n) is 3.61. The Bertz CT molecular complexity index is 477. The van der Waals surface area contributed by atoms with Crippen LogP contribution in [0.3, 0.4) is 0 Å². The molecule has 0 aliphatic heterocycles. The van der Waals surface area contributed by atoms with Crippen molar-refractivity contribution in [2.75, 3.05) is 0 Å². The maximum atomic E-state index is 10.3. The number of aliphatic hydroxyl groups is 1. The van der Waals surface area contributed by atoms with Gasteiger partial charge in [0, 0.05) is 0 Å². The molecule has 2 aromatic rings. The summed E-state index contributed by atoms with van der Waals surface area (Å²) >= 11 is 0. The van der Waals surface area contributed by atoms with Crippen LogP contribution in [0.5, 0.6) is 0 Å². The van der Waals surface area contributed by atoms with Gasteiger partial charge in [-0.05, 0) is 29.4 Å². The summed E-state index contributed by atoms with van der Waals surface area (Å²) in [6.45, 7) is 0. The lowest BCUT2D eigenvalue weighted by Crippen LogP contribution is -2.00. The van der Waals surface area contributed by atoms with Crippen LogP contribution >= 0.6 is 0 Å². The van der Waals surface area contributed by atoms with Crippen molar-refractivity contribution in [1.82, 2.24) is 0 Å². The van der Waals surface area contributed by atoms with E-state index in [1.165, 1.54) is 5.56 Å². The van der Waals surface area contributed by atoms with Crippen molar-refractivity contribution >= 4 is 0 Å². The molecule has 0 bridgehead atoms. The van der Waals surface area contributed by atoms with Crippen LogP contribution in [0, 0.1) is 5.92 Å². The molecule has 1 unspecified atom stereocenters. The van der Waals surface area contributed by atoms with Gasteiger partial charge in [-0.15, -0.1) is 0 Å². The number of benzene rings is 2. The second-order valence-electron chi connectivity index (χ2n) is 4.77. The molecule has 1 saturated carbocycles. The number of hydrogen-bond donors (Lipinski definition) is 1. The van der Waals surface area contributed by atoms with Gasteiger partial charge < -0.3 is 5.11 Å². The SMILES string of the molecule is OC(c1ccccc1)[C@H]1C[C@@H]1c1ccccc1. The Kier molecular flexibility index (Phi) is 2.69. The third-order valence-corrected chi connectivity index (χ3v) is 3.61. The molecule has 0 radical (unpaired) electrons. The zero-order chi connectivity index (χ0) is 11.7. The van der Waals surface area contributed by atoms with Crippen molar-refractivity contribution < 1.29 is 5.11 Å². The molecule has 0 spiro atoms. The van der Waals surface area contributed by atoms with Crippen LogP contribution in [0.4, 0.5) is 0 Å². The molecule has 0 amide bonds. The van der Waals surface area contributed by atoms with Crippen molar-refractivity contribution in [3.05, 3.63) is 71.8 Å². The Labute approximate surface area is 102 Å². The minimum atomic E-state index is -0.318. The lowest BCUT2D eigenvalue weighted by Gasteiger charge is -2.10. The standard InChI is InChI=1S/C16H16O/c17-16(13-9-5-2-6-10-13)15-11-14(15)12-7-3-1-4-8-12/h1-10,14-17H,11H2/t14-,15+,16?/m1/s1. The van der Waals surface area contributed by atoms with Crippen molar-refractivity contribution in [1.29, 1.82) is 0 Å². The van der Waals surface area contributed by atoms with Gasteiger partial charge in [-0.25, -0.2) is 0 Å². The van der Waals surface area contributed by atoms with Crippen LogP contribution in [0.1, 0.15) is 29.6 Å². The van der Waals surface area contributed by atoms with Gasteiger partial charge in [-0.3, -0.25) is 0 Å². The van der Waals surface area contributed by atoms with Gasteiger partial charge in [0.2, 0.25) is 0 Å². The summed E-state index contributed by atoms with van der Waals surface area (Å²) in [5.74, 6) is 0.922. The molecule has 1 heteroatoms. The van der Waals surface area contributed by atoms with E-state index >= 15 is 0 Å². The fraction of sp³-hybridized carbons (Fsp3) is 0.250. The highest BCUT2D eigenvalue weighted by Gasteiger charge is 2.43. The minimum Gasteiger partial charge on any atom is -0.388 e. The van der Waals surface area contributed by atoms with Gasteiger partial charge in [0.05, 0.1) is 6.10 Å². The third kappa shape index (κ3) is 2.11. The zero-order valence-electron chi connectivity index (χ0n) is 9.66. The van der Waals surface area contributed by atoms with E-state index in [1.807, 2.05) is 36.4 Å². The quantitative estimate of drug-likeness (QED) is 0.845. The highest BCUT2D eigenvalue weighted by atomic mass is 16.3. The van der Waals surface area contributed by atoms with E-state index in [0.29, 0.717) is 11.8 Å². The molecular formula is C16H16O. The topological polar surface area (TPSA) is 20.2 Å². The Morgan fingerprint density at radius 1 is 0.882 bits per heavy atom. The van der Waals surface area contributed by atoms with Crippen LogP contribution in [-0.2, 0) is 0 Å². The zero-order valence-corrected chi connectivity index (χ0v) is 9.66. The van der Waals surface area contributed by atoms with Crippen molar-refractivity contribution in [3.63, 3.8) is 0 Å². The second kappa shape index (κ2) is 4.34. The Hall–Kier alpha value is -1.60. The molecule has 3 rings (SSSR count). The molecule has 2 aromatic carbocycles. The van der Waals surface area contributed by atoms with Crippen LogP contribution in [-0.4, -0.2) is 5.11 Å². The van der Waals surface area contributed by atoms with E-state index in [0.717, 1.165) is 12.0 Å². The smallest absolute Gasteiger partial charge is 0.0824 e. The molecule has 0 saturated heterocycles. The monoisotopic (exact) mass is 224 g/mol. The molecule has 0 heterocycles. The van der Waals surface area contributed by atoms with Crippen LogP contribution in [0.15, 0.2) is 60.7 Å². The number of aliphatic hydroxyl groups excluding tert-OH is 1. The maximum Gasteiger partial charge on any atom is 0.0824 e. The Morgan fingerprint density at radius 3 is 2.12 bits per heavy atom. The number of hydrogen-bond acceptors (Lipinski definition) is 1. The summed E-state index contributed by atoms with van der Waals surface area (Å²) in [5.41, 5.74) is 2.39. The second-order valence-corrected chi connectivity index (χ2v) is 4.77. The molecule has 1 aliphatic rings. The fourth-order valence-electron chi connectivity index (χ4n) is 2.54. The molecule has 1 aliphatic carbocycles. The molecule has 1 N–H and O–H groups in total. The first-order valence-corrected chi connectivity index (χ1v) is 6.14. The Balaban J connectivity index is 1.73. The normalized spacial score (nSPS) is 24.3. The van der Waals surface area contributed by atoms with Crippen LogP contribution in [0.2, 0.25) is 0 Å². The summed E-state index contributed by atoms with van der Waals surface area (Å²) in [4.78, 5) is 0. The highest BCUT2D eigenvalue weighted by Crippen LogP contribution is 2.53. The molecule has 86 valence electrons. The lowest BCUT2D eigenvalue weighted by molar-refractivity contribution is 0.151. The first kappa shape index (κ1) is 10.5. The average molecular weight is 224 g/mol. The molecule has 1 nitrogen and oxygen atoms in total. The average Bonchev–Trinajstić information content (AvgIpc) is 3.20. The molecule has 17 heavy (non-hydrogen) atoms. The summed E-state index contributed by atoms with van der Waals surface area (Å²) in [6, 6.07) is 20.4. The van der Waals surface area contributed by atoms with Crippen molar-refractivity contribution in [3.8, 4) is 0 Å². The van der Waals surface area contributed by atoms with Gasteiger partial charge in [0.25, 0.3) is 0 Å². The van der Waals surface area contributed by atoms with E-state index in [4.69, 9.17) is 0 Å². The molecule has 3 atom stereocenters. The molecular weight excluding hydrogens is 208 g/mol. The largest absolute Gasteiger partial charge is 0.388 e. The number of rotatable bonds is 3. The molecule has 0 aromatic heterocycles. The minimum absolute atomic E-state index is 0.318. The summed E-state index contributed by atoms with van der Waals surface area (Å²) < 4.78 is 0. The molecule has 1 fully saturated rings. The van der Waals surface area contributed by atoms with Gasteiger partial charge >= 0.3 is 0 Å². The predicted octanol–water partition coefficient (Wildman–Crippen LogP) is 3.52. The lowest BCUT2D eigenvalue weighted by atomic mass is 10.0. The van der Waals surface area contributed by atoms with Crippen molar-refractivity contribution in [2.24, 2.45) is 5.92 Å². The van der Waals surface area contributed by atoms with Crippen LogP contribution < -0.4 is 0 Å². The van der Waals surface area contributed by atoms with Crippen molar-refractivity contribution in [2.45, 2.75) is 18.4 Å². The van der Waals surface area contributed by atoms with Gasteiger partial charge in [-0.2, -0.15) is 0 Å². The predicted molar refractivity (Wildman–Crippen MR) is 68.7 cm³/mol. The van der Waals surface area contributed by atoms with E-state index in [9.17, 15) is 5.11 Å². The summed E-state index contributed by atoms with van der Waals surface area (Å²) in [7, 11) is 0. The Morgan fingerprint density at radius 2 is 1.47 bits per heavy atom. The summed E-state index contributed by atoms with van der Waals surface area (Å²) in [5, 5.41) is 10.3. The maximum absolute atomic E-state index is 10.3. The van der Waals surface area contributed by atoms with E-state index in [2.05, 4.69) is 24.3 Å².